The molecule has 0 aliphatic rings. The molecule has 19 heavy (non-hydrogen) atoms. The van der Waals surface area contributed by atoms with Crippen LogP contribution in [0.15, 0.2) is 18.2 Å². The first-order chi connectivity index (χ1) is 9.08. The molecule has 0 spiro atoms. The van der Waals surface area contributed by atoms with E-state index in [1.165, 1.54) is 18.2 Å². The summed E-state index contributed by atoms with van der Waals surface area (Å²) < 4.78 is 0. The van der Waals surface area contributed by atoms with Crippen molar-refractivity contribution in [2.45, 2.75) is 45.6 Å². The first kappa shape index (κ1) is 15.0. The number of nitrogens with zero attached hydrogens (tertiary/aromatic N) is 2. The highest BCUT2D eigenvalue weighted by Gasteiger charge is 2.15. The van der Waals surface area contributed by atoms with Crippen LogP contribution in [-0.4, -0.2) is 11.0 Å². The van der Waals surface area contributed by atoms with Gasteiger partial charge in [0.2, 0.25) is 0 Å². The second kappa shape index (κ2) is 7.37. The van der Waals surface area contributed by atoms with Gasteiger partial charge in [0.05, 0.1) is 16.6 Å². The lowest BCUT2D eigenvalue weighted by atomic mass is 10.1. The molecule has 102 valence electrons. The van der Waals surface area contributed by atoms with E-state index in [4.69, 9.17) is 5.26 Å². The fourth-order valence-electron chi connectivity index (χ4n) is 1.92. The summed E-state index contributed by atoms with van der Waals surface area (Å²) in [6, 6.07) is 6.52. The van der Waals surface area contributed by atoms with Crippen LogP contribution in [0.5, 0.6) is 0 Å². The highest BCUT2D eigenvalue weighted by molar-refractivity contribution is 5.64. The number of hydrogen-bond acceptors (Lipinski definition) is 4. The summed E-state index contributed by atoms with van der Waals surface area (Å²) in [6.07, 6.45) is 4.36. The van der Waals surface area contributed by atoms with Crippen molar-refractivity contribution < 1.29 is 4.92 Å². The number of nitro benzene ring substituents is 1. The van der Waals surface area contributed by atoms with Crippen LogP contribution >= 0.6 is 0 Å². The van der Waals surface area contributed by atoms with Gasteiger partial charge in [-0.3, -0.25) is 10.1 Å². The second-order valence-electron chi connectivity index (χ2n) is 4.64. The van der Waals surface area contributed by atoms with E-state index in [1.807, 2.05) is 13.0 Å². The fraction of sp³-hybridized carbons (Fsp3) is 0.500. The summed E-state index contributed by atoms with van der Waals surface area (Å²) in [5.74, 6) is 0. The van der Waals surface area contributed by atoms with E-state index in [2.05, 4.69) is 12.2 Å². The Bertz CT molecular complexity index is 480. The molecule has 1 atom stereocenters. The fourth-order valence-corrected chi connectivity index (χ4v) is 1.92. The number of nitro groups is 1. The molecular formula is C14H19N3O2. The number of rotatable bonds is 7. The highest BCUT2D eigenvalue weighted by Crippen LogP contribution is 2.26. The molecule has 0 amide bonds. The maximum atomic E-state index is 10.9. The van der Waals surface area contributed by atoms with Crippen LogP contribution in [0.2, 0.25) is 0 Å². The van der Waals surface area contributed by atoms with Gasteiger partial charge in [-0.15, -0.1) is 0 Å². The van der Waals surface area contributed by atoms with Gasteiger partial charge in [0.25, 0.3) is 5.69 Å². The van der Waals surface area contributed by atoms with Crippen LogP contribution in [-0.2, 0) is 0 Å². The summed E-state index contributed by atoms with van der Waals surface area (Å²) in [5, 5.41) is 22.9. The summed E-state index contributed by atoms with van der Waals surface area (Å²) in [4.78, 5) is 10.5. The Labute approximate surface area is 113 Å². The molecule has 0 saturated heterocycles. The van der Waals surface area contributed by atoms with Gasteiger partial charge in [0, 0.05) is 12.1 Å². The average Bonchev–Trinajstić information content (AvgIpc) is 2.38. The topological polar surface area (TPSA) is 79.0 Å². The third kappa shape index (κ3) is 4.59. The minimum absolute atomic E-state index is 0.0151. The zero-order chi connectivity index (χ0) is 14.3. The molecule has 0 saturated carbocycles. The molecule has 0 bridgehead atoms. The number of hydrogen-bond donors (Lipinski definition) is 1. The third-order valence-corrected chi connectivity index (χ3v) is 2.96. The number of nitriles is 1. The molecule has 1 aromatic carbocycles. The van der Waals surface area contributed by atoms with Gasteiger partial charge < -0.3 is 5.32 Å². The zero-order valence-electron chi connectivity index (χ0n) is 11.3. The standard InChI is InChI=1S/C14H19N3O2/c1-3-4-5-6-11(2)16-13-9-12(10-15)7-8-14(13)17(18)19/h7-9,11,16H,3-6H2,1-2H3. The van der Waals surface area contributed by atoms with E-state index in [-0.39, 0.29) is 11.7 Å². The Morgan fingerprint density at radius 1 is 1.47 bits per heavy atom. The number of unbranched alkanes of at least 4 members (excludes halogenated alkanes) is 2. The maximum Gasteiger partial charge on any atom is 0.292 e. The largest absolute Gasteiger partial charge is 0.377 e. The zero-order valence-corrected chi connectivity index (χ0v) is 11.3. The molecule has 1 rings (SSSR count). The van der Waals surface area contributed by atoms with E-state index >= 15 is 0 Å². The quantitative estimate of drug-likeness (QED) is 0.459. The van der Waals surface area contributed by atoms with E-state index in [9.17, 15) is 10.1 Å². The van der Waals surface area contributed by atoms with Crippen LogP contribution in [0, 0.1) is 21.4 Å². The first-order valence-electron chi connectivity index (χ1n) is 6.53. The lowest BCUT2D eigenvalue weighted by Gasteiger charge is -2.15. The third-order valence-electron chi connectivity index (χ3n) is 2.96. The average molecular weight is 261 g/mol. The second-order valence-corrected chi connectivity index (χ2v) is 4.64. The van der Waals surface area contributed by atoms with Crippen LogP contribution in [0.4, 0.5) is 11.4 Å². The lowest BCUT2D eigenvalue weighted by Crippen LogP contribution is -2.16. The molecule has 0 heterocycles. The monoisotopic (exact) mass is 261 g/mol. The van der Waals surface area contributed by atoms with Gasteiger partial charge in [0.1, 0.15) is 5.69 Å². The molecule has 1 N–H and O–H groups in total. The van der Waals surface area contributed by atoms with Crippen molar-refractivity contribution in [2.24, 2.45) is 0 Å². The molecular weight excluding hydrogens is 242 g/mol. The number of anilines is 1. The summed E-state index contributed by atoms with van der Waals surface area (Å²) in [7, 11) is 0. The molecule has 1 unspecified atom stereocenters. The highest BCUT2D eigenvalue weighted by atomic mass is 16.6. The Balaban J connectivity index is 2.80. The van der Waals surface area contributed by atoms with E-state index < -0.39 is 4.92 Å². The van der Waals surface area contributed by atoms with Crippen molar-refractivity contribution in [3.63, 3.8) is 0 Å². The summed E-state index contributed by atoms with van der Waals surface area (Å²) in [6.45, 7) is 4.14. The van der Waals surface area contributed by atoms with Crippen molar-refractivity contribution in [2.75, 3.05) is 5.32 Å². The van der Waals surface area contributed by atoms with Crippen molar-refractivity contribution in [3.8, 4) is 6.07 Å². The van der Waals surface area contributed by atoms with Gasteiger partial charge in [-0.05, 0) is 25.5 Å². The van der Waals surface area contributed by atoms with Gasteiger partial charge in [-0.25, -0.2) is 0 Å². The minimum Gasteiger partial charge on any atom is -0.377 e. The number of benzene rings is 1. The van der Waals surface area contributed by atoms with E-state index in [1.54, 1.807) is 0 Å². The first-order valence-corrected chi connectivity index (χ1v) is 6.53. The van der Waals surface area contributed by atoms with Gasteiger partial charge in [-0.2, -0.15) is 5.26 Å². The van der Waals surface area contributed by atoms with Gasteiger partial charge in [0.15, 0.2) is 0 Å². The van der Waals surface area contributed by atoms with Crippen molar-refractivity contribution in [3.05, 3.63) is 33.9 Å². The molecule has 0 aliphatic heterocycles. The van der Waals surface area contributed by atoms with Crippen molar-refractivity contribution in [1.29, 1.82) is 5.26 Å². The molecule has 1 aromatic rings. The van der Waals surface area contributed by atoms with Crippen molar-refractivity contribution in [1.82, 2.24) is 0 Å². The SMILES string of the molecule is CCCCCC(C)Nc1cc(C#N)ccc1[N+](=O)[O-]. The van der Waals surface area contributed by atoms with Gasteiger partial charge >= 0.3 is 0 Å². The molecule has 0 aliphatic carbocycles. The smallest absolute Gasteiger partial charge is 0.292 e. The normalized spacial score (nSPS) is 11.6. The van der Waals surface area contributed by atoms with Gasteiger partial charge in [-0.1, -0.05) is 26.2 Å². The Kier molecular flexibility index (Phi) is 5.80. The minimum atomic E-state index is -0.428. The molecule has 5 heteroatoms. The molecule has 0 radical (unpaired) electrons. The van der Waals surface area contributed by atoms with Crippen molar-refractivity contribution >= 4 is 11.4 Å². The van der Waals surface area contributed by atoms with Crippen LogP contribution in [0.3, 0.4) is 0 Å². The van der Waals surface area contributed by atoms with Crippen LogP contribution in [0.1, 0.15) is 45.1 Å². The summed E-state index contributed by atoms with van der Waals surface area (Å²) >= 11 is 0. The maximum absolute atomic E-state index is 10.9. The lowest BCUT2D eigenvalue weighted by molar-refractivity contribution is -0.384. The summed E-state index contributed by atoms with van der Waals surface area (Å²) in [5.41, 5.74) is 0.864. The molecule has 0 aromatic heterocycles. The Morgan fingerprint density at radius 2 is 2.21 bits per heavy atom. The molecule has 0 fully saturated rings. The Morgan fingerprint density at radius 3 is 2.79 bits per heavy atom. The Hall–Kier alpha value is -2.09. The molecule has 5 nitrogen and oxygen atoms in total. The van der Waals surface area contributed by atoms with E-state index in [0.29, 0.717) is 11.3 Å². The number of nitrogens with one attached hydrogen (secondary N) is 1. The van der Waals surface area contributed by atoms with Crippen LogP contribution in [0.25, 0.3) is 0 Å². The predicted molar refractivity (Wildman–Crippen MR) is 75.0 cm³/mol. The van der Waals surface area contributed by atoms with E-state index in [0.717, 1.165) is 25.7 Å². The van der Waals surface area contributed by atoms with Crippen LogP contribution < -0.4 is 5.32 Å². The predicted octanol–water partition coefficient (Wildman–Crippen LogP) is 3.85.